The Balaban J connectivity index is 3.97. The van der Waals surface area contributed by atoms with E-state index in [0.29, 0.717) is 0 Å². The Bertz CT molecular complexity index is 589. The molecule has 1 rings (SSSR count). The van der Waals surface area contributed by atoms with Gasteiger partial charge >= 0.3 is 49.6 Å². The number of ether oxygens (including phenoxy) is 1. The van der Waals surface area contributed by atoms with Crippen LogP contribution in [0.1, 0.15) is 0 Å². The predicted octanol–water partition coefficient (Wildman–Crippen LogP) is 2.46. The molecule has 6 nitrogen and oxygen atoms in total. The van der Waals surface area contributed by atoms with Gasteiger partial charge in [-0.15, -0.1) is 0 Å². The molecule has 0 bridgehead atoms. The Morgan fingerprint density at radius 1 is 0.643 bits per heavy atom. The summed E-state index contributed by atoms with van der Waals surface area (Å²) >= 11 is 0. The molecule has 1 fully saturated rings. The van der Waals surface area contributed by atoms with Gasteiger partial charge in [0.15, 0.2) is 0 Å². The van der Waals surface area contributed by atoms with E-state index in [9.17, 15) is 62.3 Å². The highest BCUT2D eigenvalue weighted by molar-refractivity contribution is 6.55. The van der Waals surface area contributed by atoms with Gasteiger partial charge in [0.1, 0.15) is 0 Å². The summed E-state index contributed by atoms with van der Waals surface area (Å²) < 4.78 is 171. The van der Waals surface area contributed by atoms with Crippen molar-refractivity contribution in [3.8, 4) is 0 Å². The first-order chi connectivity index (χ1) is 12.2. The molecule has 0 N–H and O–H groups in total. The first-order valence-electron chi connectivity index (χ1n) is 6.11. The van der Waals surface area contributed by atoms with Crippen molar-refractivity contribution in [1.82, 2.24) is 0 Å². The van der Waals surface area contributed by atoms with Crippen LogP contribution in [-0.4, -0.2) is 62.3 Å². The van der Waals surface area contributed by atoms with Gasteiger partial charge in [-0.2, -0.15) is 52.7 Å². The van der Waals surface area contributed by atoms with E-state index in [1.165, 1.54) is 0 Å². The Labute approximate surface area is 144 Å². The molecule has 1 aliphatic rings. The van der Waals surface area contributed by atoms with Crippen molar-refractivity contribution in [3.05, 3.63) is 0 Å². The minimum Gasteiger partial charge on any atom is -0.465 e. The number of alkyl halides is 12. The summed E-state index contributed by atoms with van der Waals surface area (Å²) in [6.45, 7) is 0. The number of rotatable bonds is 4. The van der Waals surface area contributed by atoms with Gasteiger partial charge < -0.3 is 18.7 Å². The highest BCUT2D eigenvalue weighted by Gasteiger charge is 2.96. The number of hydrogen-bond acceptors (Lipinski definition) is 6. The SMILES string of the molecule is COC(C(F)(F)F)(C(F)(F)F)C(OB1OC(=O)C(=O)O1)(C(F)(F)F)C(F)(F)F. The maximum absolute atomic E-state index is 13.3. The molecule has 162 valence electrons. The van der Waals surface area contributed by atoms with Crippen LogP contribution in [0.2, 0.25) is 0 Å². The van der Waals surface area contributed by atoms with Gasteiger partial charge in [-0.1, -0.05) is 0 Å². The lowest BCUT2D eigenvalue weighted by molar-refractivity contribution is -0.496. The monoisotopic (exact) mass is 446 g/mol. The first kappa shape index (κ1) is 24.1. The van der Waals surface area contributed by atoms with Gasteiger partial charge in [-0.05, 0) is 0 Å². The number of carbonyl (C=O) groups is 2. The summed E-state index contributed by atoms with van der Waals surface area (Å²) in [5, 5.41) is 0. The summed E-state index contributed by atoms with van der Waals surface area (Å²) in [6.07, 6.45) is -30.0. The molecule has 0 radical (unpaired) electrons. The molecule has 0 aliphatic carbocycles. The summed E-state index contributed by atoms with van der Waals surface area (Å²) in [5.41, 5.74) is -14.4. The van der Waals surface area contributed by atoms with Crippen LogP contribution < -0.4 is 0 Å². The third-order valence-electron chi connectivity index (χ3n) is 3.24. The highest BCUT2D eigenvalue weighted by Crippen LogP contribution is 2.63. The Kier molecular flexibility index (Phi) is 5.65. The zero-order valence-corrected chi connectivity index (χ0v) is 12.6. The van der Waals surface area contributed by atoms with Crippen LogP contribution in [0.25, 0.3) is 0 Å². The normalized spacial score (nSPS) is 17.7. The van der Waals surface area contributed by atoms with Crippen LogP contribution in [0.15, 0.2) is 0 Å². The molecular formula is C9H3BF12O6. The van der Waals surface area contributed by atoms with Crippen molar-refractivity contribution in [3.63, 3.8) is 0 Å². The van der Waals surface area contributed by atoms with Crippen LogP contribution >= 0.6 is 0 Å². The van der Waals surface area contributed by atoms with Gasteiger partial charge in [-0.25, -0.2) is 9.59 Å². The van der Waals surface area contributed by atoms with Crippen molar-refractivity contribution < 1.29 is 81.0 Å². The van der Waals surface area contributed by atoms with Crippen molar-refractivity contribution in [2.75, 3.05) is 7.11 Å². The average molecular weight is 446 g/mol. The highest BCUT2D eigenvalue weighted by atomic mass is 19.4. The molecule has 1 heterocycles. The fourth-order valence-corrected chi connectivity index (χ4v) is 2.20. The predicted molar refractivity (Wildman–Crippen MR) is 55.7 cm³/mol. The van der Waals surface area contributed by atoms with Gasteiger partial charge in [0, 0.05) is 7.11 Å². The van der Waals surface area contributed by atoms with Crippen molar-refractivity contribution in [2.24, 2.45) is 0 Å². The smallest absolute Gasteiger partial charge is 0.465 e. The Morgan fingerprint density at radius 3 is 1.14 bits per heavy atom. The fraction of sp³-hybridized carbons (Fsp3) is 0.778. The number of halogens is 12. The second-order valence-corrected chi connectivity index (χ2v) is 4.77. The van der Waals surface area contributed by atoms with E-state index in [1.807, 2.05) is 0 Å². The van der Waals surface area contributed by atoms with E-state index < -0.39 is 62.3 Å². The van der Waals surface area contributed by atoms with Crippen LogP contribution in [0.3, 0.4) is 0 Å². The zero-order chi connectivity index (χ0) is 22.6. The Hall–Kier alpha value is -1.92. The van der Waals surface area contributed by atoms with Crippen LogP contribution in [0, 0.1) is 0 Å². The molecule has 19 heteroatoms. The minimum absolute atomic E-state index is 0.747. The van der Waals surface area contributed by atoms with E-state index in [0.717, 1.165) is 0 Å². The maximum Gasteiger partial charge on any atom is 0.793 e. The maximum atomic E-state index is 13.3. The lowest BCUT2D eigenvalue weighted by atomic mass is 9.78. The standard InChI is InChI=1S/C9H3BF12O6/c1-25-4(6(11,12)13,7(14,15)16)5(8(17,18)19,9(20,21)22)28-10-26-2(23)3(24)27-10/h1H3. The molecule has 1 aliphatic heterocycles. The molecule has 0 aromatic heterocycles. The number of carbonyl (C=O) groups excluding carboxylic acids is 2. The third-order valence-corrected chi connectivity index (χ3v) is 3.24. The molecule has 1 saturated heterocycles. The molecule has 0 amide bonds. The molecule has 0 atom stereocenters. The van der Waals surface area contributed by atoms with Crippen molar-refractivity contribution in [2.45, 2.75) is 35.9 Å². The van der Waals surface area contributed by atoms with E-state index in [4.69, 9.17) is 0 Å². The van der Waals surface area contributed by atoms with Crippen LogP contribution in [0.4, 0.5) is 52.7 Å². The lowest BCUT2D eigenvalue weighted by Crippen LogP contribution is -2.83. The molecule has 0 saturated carbocycles. The lowest BCUT2D eigenvalue weighted by Gasteiger charge is -2.50. The molecule has 0 aromatic carbocycles. The van der Waals surface area contributed by atoms with E-state index in [2.05, 4.69) is 18.7 Å². The first-order valence-corrected chi connectivity index (χ1v) is 6.11. The molecule has 28 heavy (non-hydrogen) atoms. The van der Waals surface area contributed by atoms with Gasteiger partial charge in [-0.3, -0.25) is 0 Å². The fourth-order valence-electron chi connectivity index (χ4n) is 2.20. The number of methoxy groups -OCH3 is 1. The van der Waals surface area contributed by atoms with Crippen molar-refractivity contribution >= 4 is 19.3 Å². The molecular weight excluding hydrogens is 443 g/mol. The minimum atomic E-state index is -7.56. The summed E-state index contributed by atoms with van der Waals surface area (Å²) in [6, 6.07) is 0. The van der Waals surface area contributed by atoms with Crippen molar-refractivity contribution in [1.29, 1.82) is 0 Å². The average Bonchev–Trinajstić information content (AvgIpc) is 2.71. The summed E-state index contributed by atoms with van der Waals surface area (Å²) in [7, 11) is -4.61. The van der Waals surface area contributed by atoms with Gasteiger partial charge in [0.05, 0.1) is 0 Å². The second kappa shape index (κ2) is 6.56. The zero-order valence-electron chi connectivity index (χ0n) is 12.6. The van der Waals surface area contributed by atoms with Gasteiger partial charge in [0.2, 0.25) is 0 Å². The quantitative estimate of drug-likeness (QED) is 0.376. The Morgan fingerprint density at radius 2 is 0.929 bits per heavy atom. The largest absolute Gasteiger partial charge is 0.793 e. The second-order valence-electron chi connectivity index (χ2n) is 4.77. The molecule has 0 spiro atoms. The molecule has 0 unspecified atom stereocenters. The topological polar surface area (TPSA) is 71.1 Å². The van der Waals surface area contributed by atoms with Gasteiger partial charge in [0.25, 0.3) is 5.60 Å². The summed E-state index contributed by atoms with van der Waals surface area (Å²) in [4.78, 5) is 21.3. The van der Waals surface area contributed by atoms with E-state index in [1.54, 1.807) is 0 Å². The summed E-state index contributed by atoms with van der Waals surface area (Å²) in [5.74, 6) is -4.68. The number of hydrogen-bond donors (Lipinski definition) is 0. The van der Waals surface area contributed by atoms with E-state index >= 15 is 0 Å². The van der Waals surface area contributed by atoms with Crippen LogP contribution in [0.5, 0.6) is 0 Å². The van der Waals surface area contributed by atoms with E-state index in [-0.39, 0.29) is 0 Å². The van der Waals surface area contributed by atoms with Crippen LogP contribution in [-0.2, 0) is 28.3 Å². The molecule has 0 aromatic rings. The third kappa shape index (κ3) is 3.23.